The van der Waals surface area contributed by atoms with Gasteiger partial charge in [-0.2, -0.15) is 0 Å². The number of hydrogen-bond acceptors (Lipinski definition) is 4. The van der Waals surface area contributed by atoms with Gasteiger partial charge >= 0.3 is 0 Å². The van der Waals surface area contributed by atoms with Gasteiger partial charge in [0, 0.05) is 31.6 Å². The van der Waals surface area contributed by atoms with Gasteiger partial charge in [-0.3, -0.25) is 14.7 Å². The summed E-state index contributed by atoms with van der Waals surface area (Å²) in [7, 11) is 2.14. The van der Waals surface area contributed by atoms with Gasteiger partial charge in [0.15, 0.2) is 0 Å². The van der Waals surface area contributed by atoms with E-state index in [1.165, 1.54) is 5.56 Å². The second-order valence-corrected chi connectivity index (χ2v) is 6.56. The fourth-order valence-corrected chi connectivity index (χ4v) is 3.68. The molecule has 2 aliphatic heterocycles. The summed E-state index contributed by atoms with van der Waals surface area (Å²) in [5.74, 6) is 0.791. The molecule has 2 aliphatic rings. The Balaban J connectivity index is 1.60. The van der Waals surface area contributed by atoms with Crippen molar-refractivity contribution in [3.05, 3.63) is 30.1 Å². The largest absolute Gasteiger partial charge is 0.368 e. The average Bonchev–Trinajstić information content (AvgIpc) is 3.11. The first-order chi connectivity index (χ1) is 10.7. The van der Waals surface area contributed by atoms with Crippen molar-refractivity contribution in [2.24, 2.45) is 11.8 Å². The number of carbonyl (C=O) groups is 1. The molecule has 5 nitrogen and oxygen atoms in total. The van der Waals surface area contributed by atoms with Crippen LogP contribution in [0.5, 0.6) is 0 Å². The first kappa shape index (κ1) is 15.4. The lowest BCUT2D eigenvalue weighted by Gasteiger charge is -2.26. The summed E-state index contributed by atoms with van der Waals surface area (Å²) in [6.45, 7) is 4.54. The molecule has 0 radical (unpaired) electrons. The molecular formula is C17H25N3O2. The fraction of sp³-hybridized carbons (Fsp3) is 0.647. The van der Waals surface area contributed by atoms with E-state index in [2.05, 4.69) is 35.2 Å². The third-order valence-corrected chi connectivity index (χ3v) is 4.98. The lowest BCUT2D eigenvalue weighted by molar-refractivity contribution is -0.131. The lowest BCUT2D eigenvalue weighted by atomic mass is 9.94. The van der Waals surface area contributed by atoms with Crippen LogP contribution in [0.4, 0.5) is 0 Å². The molecule has 4 atom stereocenters. The number of nitrogens with one attached hydrogen (secondary N) is 1. The Morgan fingerprint density at radius 2 is 2.36 bits per heavy atom. The number of amides is 1. The second kappa shape index (κ2) is 6.75. The Morgan fingerprint density at radius 3 is 3.05 bits per heavy atom. The third kappa shape index (κ3) is 3.15. The van der Waals surface area contributed by atoms with Crippen molar-refractivity contribution < 1.29 is 9.53 Å². The molecule has 0 unspecified atom stereocenters. The van der Waals surface area contributed by atoms with E-state index in [1.807, 2.05) is 12.3 Å². The predicted molar refractivity (Wildman–Crippen MR) is 84.2 cm³/mol. The van der Waals surface area contributed by atoms with Crippen molar-refractivity contribution in [1.29, 1.82) is 0 Å². The van der Waals surface area contributed by atoms with E-state index in [0.29, 0.717) is 31.0 Å². The molecule has 22 heavy (non-hydrogen) atoms. The molecule has 120 valence electrons. The van der Waals surface area contributed by atoms with Crippen LogP contribution in [-0.4, -0.2) is 48.6 Å². The Morgan fingerprint density at radius 1 is 1.50 bits per heavy atom. The van der Waals surface area contributed by atoms with Crippen molar-refractivity contribution in [2.45, 2.75) is 31.9 Å². The van der Waals surface area contributed by atoms with E-state index >= 15 is 0 Å². The standard InChI is InChI=1S/C17H25N3O2/c1-12-6-9-22-16(12)17(21)19-11-14-5-8-20(2)15(14)13-4-3-7-18-10-13/h3-4,7,10,12,14-16H,5-6,8-9,11H2,1-2H3,(H,19,21)/t12-,14+,15+,16+/m1/s1. The minimum absolute atomic E-state index is 0.0458. The van der Waals surface area contributed by atoms with Gasteiger partial charge in [-0.05, 0) is 49.9 Å². The Hall–Kier alpha value is -1.46. The number of aromatic nitrogens is 1. The van der Waals surface area contributed by atoms with E-state index < -0.39 is 0 Å². The van der Waals surface area contributed by atoms with Crippen molar-refractivity contribution in [3.8, 4) is 0 Å². The summed E-state index contributed by atoms with van der Waals surface area (Å²) in [6.07, 6.45) is 5.54. The topological polar surface area (TPSA) is 54.5 Å². The van der Waals surface area contributed by atoms with Crippen LogP contribution in [0.25, 0.3) is 0 Å². The SMILES string of the molecule is C[C@@H]1CCO[C@@H]1C(=O)NC[C@@H]1CCN(C)[C@H]1c1cccnc1. The predicted octanol–water partition coefficient (Wildman–Crippen LogP) is 1.62. The highest BCUT2D eigenvalue weighted by Gasteiger charge is 2.35. The van der Waals surface area contributed by atoms with Gasteiger partial charge in [-0.25, -0.2) is 0 Å². The second-order valence-electron chi connectivity index (χ2n) is 6.56. The summed E-state index contributed by atoms with van der Waals surface area (Å²) in [6, 6.07) is 4.43. The highest BCUT2D eigenvalue weighted by atomic mass is 16.5. The van der Waals surface area contributed by atoms with Gasteiger partial charge in [0.05, 0.1) is 0 Å². The number of carbonyl (C=O) groups excluding carboxylic acids is 1. The van der Waals surface area contributed by atoms with Crippen LogP contribution >= 0.6 is 0 Å². The van der Waals surface area contributed by atoms with E-state index in [-0.39, 0.29) is 12.0 Å². The van der Waals surface area contributed by atoms with E-state index in [1.54, 1.807) is 6.20 Å². The van der Waals surface area contributed by atoms with Crippen molar-refractivity contribution in [1.82, 2.24) is 15.2 Å². The zero-order chi connectivity index (χ0) is 15.5. The Kier molecular flexibility index (Phi) is 4.74. The molecule has 1 amide bonds. The molecule has 2 saturated heterocycles. The number of likely N-dealkylation sites (tertiary alicyclic amines) is 1. The highest BCUT2D eigenvalue weighted by molar-refractivity contribution is 5.81. The number of pyridine rings is 1. The van der Waals surface area contributed by atoms with Gasteiger partial charge in [-0.1, -0.05) is 13.0 Å². The summed E-state index contributed by atoms with van der Waals surface area (Å²) in [5, 5.41) is 3.11. The molecule has 0 bridgehead atoms. The normalized spacial score (nSPS) is 32.3. The first-order valence-electron chi connectivity index (χ1n) is 8.16. The zero-order valence-electron chi connectivity index (χ0n) is 13.4. The van der Waals surface area contributed by atoms with Crippen LogP contribution in [0.1, 0.15) is 31.4 Å². The molecule has 5 heteroatoms. The summed E-state index contributed by atoms with van der Waals surface area (Å²) < 4.78 is 5.54. The Labute approximate surface area is 132 Å². The van der Waals surface area contributed by atoms with E-state index in [9.17, 15) is 4.79 Å². The van der Waals surface area contributed by atoms with Crippen LogP contribution in [-0.2, 0) is 9.53 Å². The molecular weight excluding hydrogens is 278 g/mol. The minimum atomic E-state index is -0.268. The van der Waals surface area contributed by atoms with Crippen molar-refractivity contribution in [3.63, 3.8) is 0 Å². The zero-order valence-corrected chi connectivity index (χ0v) is 13.4. The van der Waals surface area contributed by atoms with Crippen molar-refractivity contribution in [2.75, 3.05) is 26.7 Å². The first-order valence-corrected chi connectivity index (χ1v) is 8.16. The number of nitrogens with zero attached hydrogens (tertiary/aromatic N) is 2. The molecule has 0 aliphatic carbocycles. The molecule has 1 aromatic rings. The minimum Gasteiger partial charge on any atom is -0.368 e. The average molecular weight is 303 g/mol. The molecule has 3 heterocycles. The summed E-state index contributed by atoms with van der Waals surface area (Å²) >= 11 is 0. The quantitative estimate of drug-likeness (QED) is 0.918. The molecule has 3 rings (SSSR count). The lowest BCUT2D eigenvalue weighted by Crippen LogP contribution is -2.40. The van der Waals surface area contributed by atoms with Crippen LogP contribution in [0.2, 0.25) is 0 Å². The molecule has 0 saturated carbocycles. The van der Waals surface area contributed by atoms with E-state index in [0.717, 1.165) is 19.4 Å². The van der Waals surface area contributed by atoms with Crippen LogP contribution in [0.3, 0.4) is 0 Å². The van der Waals surface area contributed by atoms with Crippen LogP contribution < -0.4 is 5.32 Å². The molecule has 0 aromatic carbocycles. The smallest absolute Gasteiger partial charge is 0.249 e. The fourth-order valence-electron chi connectivity index (χ4n) is 3.68. The van der Waals surface area contributed by atoms with Gasteiger partial charge in [-0.15, -0.1) is 0 Å². The van der Waals surface area contributed by atoms with Gasteiger partial charge in [0.2, 0.25) is 5.91 Å². The maximum Gasteiger partial charge on any atom is 0.249 e. The molecule has 1 aromatic heterocycles. The Bertz CT molecular complexity index is 508. The highest BCUT2D eigenvalue weighted by Crippen LogP contribution is 2.35. The molecule has 2 fully saturated rings. The van der Waals surface area contributed by atoms with Crippen LogP contribution in [0.15, 0.2) is 24.5 Å². The summed E-state index contributed by atoms with van der Waals surface area (Å²) in [5.41, 5.74) is 1.23. The van der Waals surface area contributed by atoms with Crippen LogP contribution in [0, 0.1) is 11.8 Å². The summed E-state index contributed by atoms with van der Waals surface area (Å²) in [4.78, 5) is 18.9. The van der Waals surface area contributed by atoms with Gasteiger partial charge < -0.3 is 10.1 Å². The molecule has 0 spiro atoms. The van der Waals surface area contributed by atoms with Gasteiger partial charge in [0.1, 0.15) is 6.10 Å². The van der Waals surface area contributed by atoms with E-state index in [4.69, 9.17) is 4.74 Å². The molecule has 1 N–H and O–H groups in total. The van der Waals surface area contributed by atoms with Crippen molar-refractivity contribution >= 4 is 5.91 Å². The third-order valence-electron chi connectivity index (χ3n) is 4.98. The maximum absolute atomic E-state index is 12.3. The number of rotatable bonds is 4. The number of hydrogen-bond donors (Lipinski definition) is 1. The number of ether oxygens (including phenoxy) is 1. The van der Waals surface area contributed by atoms with Gasteiger partial charge in [0.25, 0.3) is 0 Å². The maximum atomic E-state index is 12.3. The monoisotopic (exact) mass is 303 g/mol.